The Hall–Kier alpha value is -2.76. The highest BCUT2D eigenvalue weighted by Gasteiger charge is 2.28. The molecular weight excluding hydrogens is 320 g/mol. The number of likely N-dealkylation sites (N-methyl/N-ethyl adjacent to an activating group) is 1. The summed E-state index contributed by atoms with van der Waals surface area (Å²) in [5, 5.41) is 0. The van der Waals surface area contributed by atoms with Crippen molar-refractivity contribution in [2.75, 3.05) is 26.2 Å². The monoisotopic (exact) mass is 342 g/mol. The average Bonchev–Trinajstić information content (AvgIpc) is 3.09. The second-order valence-corrected chi connectivity index (χ2v) is 6.06. The lowest BCUT2D eigenvalue weighted by Gasteiger charge is -2.33. The predicted octanol–water partition coefficient (Wildman–Crippen LogP) is 2.47. The van der Waals surface area contributed by atoms with E-state index in [-0.39, 0.29) is 25.0 Å². The smallest absolute Gasteiger partial charge is 0.258 e. The molecule has 0 spiro atoms. The molecule has 0 bridgehead atoms. The van der Waals surface area contributed by atoms with Gasteiger partial charge in [-0.15, -0.1) is 0 Å². The van der Waals surface area contributed by atoms with Gasteiger partial charge in [-0.25, -0.2) is 0 Å². The molecule has 0 N–H and O–H groups in total. The minimum atomic E-state index is -0.194. The fourth-order valence-electron chi connectivity index (χ4n) is 2.81. The highest BCUT2D eigenvalue weighted by molar-refractivity contribution is 5.97. The maximum absolute atomic E-state index is 12.7. The van der Waals surface area contributed by atoms with Crippen LogP contribution in [-0.4, -0.2) is 47.8 Å². The lowest BCUT2D eigenvalue weighted by atomic mass is 10.2. The van der Waals surface area contributed by atoms with Crippen molar-refractivity contribution in [3.63, 3.8) is 0 Å². The molecule has 0 aliphatic carbocycles. The Balaban J connectivity index is 1.65. The molecule has 6 nitrogen and oxygen atoms in total. The highest BCUT2D eigenvalue weighted by Crippen LogP contribution is 2.19. The topological polar surface area (TPSA) is 63.0 Å². The molecule has 1 aliphatic heterocycles. The first-order chi connectivity index (χ1) is 12.1. The van der Waals surface area contributed by atoms with Crippen molar-refractivity contribution < 1.29 is 18.7 Å². The number of nitrogens with zero attached hydrogens (tertiary/aromatic N) is 2. The number of aryl methyl sites for hydroxylation is 1. The summed E-state index contributed by atoms with van der Waals surface area (Å²) in [6.45, 7) is 5.98. The summed E-state index contributed by atoms with van der Waals surface area (Å²) in [5.74, 6) is 0.964. The van der Waals surface area contributed by atoms with Gasteiger partial charge in [0.25, 0.3) is 5.91 Å². The zero-order chi connectivity index (χ0) is 17.8. The Morgan fingerprint density at radius 3 is 2.64 bits per heavy atom. The molecule has 3 rings (SSSR count). The zero-order valence-electron chi connectivity index (χ0n) is 14.5. The van der Waals surface area contributed by atoms with Crippen molar-refractivity contribution in [2.45, 2.75) is 20.5 Å². The van der Waals surface area contributed by atoms with Gasteiger partial charge in [0.05, 0.1) is 11.8 Å². The fraction of sp³-hybridized carbons (Fsp3) is 0.368. The van der Waals surface area contributed by atoms with Crippen LogP contribution in [0, 0.1) is 6.92 Å². The Morgan fingerprint density at radius 2 is 1.96 bits per heavy atom. The molecule has 1 aromatic carbocycles. The molecule has 25 heavy (non-hydrogen) atoms. The number of ether oxygens (including phenoxy) is 1. The highest BCUT2D eigenvalue weighted by atomic mass is 16.5. The second kappa shape index (κ2) is 7.42. The molecule has 2 heterocycles. The fourth-order valence-corrected chi connectivity index (χ4v) is 2.81. The number of piperazine rings is 1. The van der Waals surface area contributed by atoms with Crippen LogP contribution in [0.15, 0.2) is 41.0 Å². The van der Waals surface area contributed by atoms with Crippen LogP contribution in [0.5, 0.6) is 5.75 Å². The number of rotatable bonds is 5. The Labute approximate surface area is 147 Å². The number of hydrogen-bond acceptors (Lipinski definition) is 4. The number of benzene rings is 1. The summed E-state index contributed by atoms with van der Waals surface area (Å²) in [6, 6.07) is 9.31. The van der Waals surface area contributed by atoms with E-state index >= 15 is 0 Å². The normalized spacial score (nSPS) is 14.7. The Kier molecular flexibility index (Phi) is 5.07. The lowest BCUT2D eigenvalue weighted by molar-refractivity contribution is -0.134. The maximum Gasteiger partial charge on any atom is 0.258 e. The number of carbonyl (C=O) groups excluding carboxylic acids is 2. The summed E-state index contributed by atoms with van der Waals surface area (Å²) in [4.78, 5) is 28.0. The van der Waals surface area contributed by atoms with E-state index in [1.807, 2.05) is 38.1 Å². The van der Waals surface area contributed by atoms with Gasteiger partial charge in [0.2, 0.25) is 5.91 Å². The van der Waals surface area contributed by atoms with Gasteiger partial charge in [0, 0.05) is 19.6 Å². The van der Waals surface area contributed by atoms with Crippen LogP contribution in [0.1, 0.15) is 28.6 Å². The Morgan fingerprint density at radius 1 is 1.20 bits per heavy atom. The molecule has 132 valence electrons. The van der Waals surface area contributed by atoms with E-state index < -0.39 is 0 Å². The SMILES string of the molecule is CCN1CCN(C(=O)c2ccoc2COc2ccc(C)cc2)CC1=O. The maximum atomic E-state index is 12.7. The molecule has 2 aromatic rings. The zero-order valence-corrected chi connectivity index (χ0v) is 14.5. The van der Waals surface area contributed by atoms with Gasteiger partial charge in [-0.3, -0.25) is 9.59 Å². The number of furan rings is 1. The molecule has 0 saturated carbocycles. The molecule has 6 heteroatoms. The third-order valence-corrected chi connectivity index (χ3v) is 4.35. The molecule has 0 atom stereocenters. The number of amides is 2. The molecule has 0 radical (unpaired) electrons. The summed E-state index contributed by atoms with van der Waals surface area (Å²) >= 11 is 0. The second-order valence-electron chi connectivity index (χ2n) is 6.06. The van der Waals surface area contributed by atoms with E-state index in [2.05, 4.69) is 0 Å². The standard InChI is InChI=1S/C19H22N2O4/c1-3-20-9-10-21(12-18(20)22)19(23)16-8-11-24-17(16)13-25-15-6-4-14(2)5-7-15/h4-8,11H,3,9-10,12-13H2,1-2H3. The minimum Gasteiger partial charge on any atom is -0.486 e. The van der Waals surface area contributed by atoms with E-state index in [0.29, 0.717) is 36.7 Å². The summed E-state index contributed by atoms with van der Waals surface area (Å²) in [6.07, 6.45) is 1.48. The largest absolute Gasteiger partial charge is 0.486 e. The van der Waals surface area contributed by atoms with Gasteiger partial charge in [-0.05, 0) is 32.0 Å². The molecular formula is C19H22N2O4. The average molecular weight is 342 g/mol. The van der Waals surface area contributed by atoms with Gasteiger partial charge in [-0.2, -0.15) is 0 Å². The summed E-state index contributed by atoms with van der Waals surface area (Å²) < 4.78 is 11.1. The van der Waals surface area contributed by atoms with Crippen LogP contribution in [0.25, 0.3) is 0 Å². The van der Waals surface area contributed by atoms with E-state index in [4.69, 9.17) is 9.15 Å². The van der Waals surface area contributed by atoms with Crippen LogP contribution in [0.3, 0.4) is 0 Å². The third kappa shape index (κ3) is 3.84. The van der Waals surface area contributed by atoms with Gasteiger partial charge >= 0.3 is 0 Å². The van der Waals surface area contributed by atoms with Crippen molar-refractivity contribution in [3.8, 4) is 5.75 Å². The molecule has 1 fully saturated rings. The van der Waals surface area contributed by atoms with Crippen molar-refractivity contribution in [2.24, 2.45) is 0 Å². The van der Waals surface area contributed by atoms with Crippen LogP contribution in [-0.2, 0) is 11.4 Å². The van der Waals surface area contributed by atoms with Crippen molar-refractivity contribution >= 4 is 11.8 Å². The molecule has 1 saturated heterocycles. The number of carbonyl (C=O) groups is 2. The first-order valence-corrected chi connectivity index (χ1v) is 8.41. The Bertz CT molecular complexity index is 751. The molecule has 0 unspecified atom stereocenters. The van der Waals surface area contributed by atoms with E-state index in [9.17, 15) is 9.59 Å². The van der Waals surface area contributed by atoms with E-state index in [0.717, 1.165) is 5.56 Å². The van der Waals surface area contributed by atoms with E-state index in [1.54, 1.807) is 15.9 Å². The lowest BCUT2D eigenvalue weighted by Crippen LogP contribution is -2.52. The van der Waals surface area contributed by atoms with Crippen LogP contribution >= 0.6 is 0 Å². The third-order valence-electron chi connectivity index (χ3n) is 4.35. The quantitative estimate of drug-likeness (QED) is 0.837. The van der Waals surface area contributed by atoms with Crippen molar-refractivity contribution in [1.82, 2.24) is 9.80 Å². The molecule has 1 aromatic heterocycles. The van der Waals surface area contributed by atoms with Gasteiger partial charge < -0.3 is 19.0 Å². The van der Waals surface area contributed by atoms with Gasteiger partial charge in [0.15, 0.2) is 5.76 Å². The first-order valence-electron chi connectivity index (χ1n) is 8.41. The van der Waals surface area contributed by atoms with Gasteiger partial charge in [-0.1, -0.05) is 17.7 Å². The summed E-state index contributed by atoms with van der Waals surface area (Å²) in [7, 11) is 0. The van der Waals surface area contributed by atoms with Crippen LogP contribution in [0.4, 0.5) is 0 Å². The van der Waals surface area contributed by atoms with Crippen molar-refractivity contribution in [1.29, 1.82) is 0 Å². The number of hydrogen-bond donors (Lipinski definition) is 0. The van der Waals surface area contributed by atoms with Gasteiger partial charge in [0.1, 0.15) is 18.9 Å². The van der Waals surface area contributed by atoms with Crippen LogP contribution < -0.4 is 4.74 Å². The van der Waals surface area contributed by atoms with Crippen molar-refractivity contribution in [3.05, 3.63) is 53.5 Å². The molecule has 2 amide bonds. The van der Waals surface area contributed by atoms with E-state index in [1.165, 1.54) is 6.26 Å². The summed E-state index contributed by atoms with van der Waals surface area (Å²) in [5.41, 5.74) is 1.60. The predicted molar refractivity (Wildman–Crippen MR) is 92.4 cm³/mol. The minimum absolute atomic E-state index is 0.0250. The van der Waals surface area contributed by atoms with Crippen LogP contribution in [0.2, 0.25) is 0 Å². The molecule has 1 aliphatic rings. The first kappa shape index (κ1) is 17.1.